The number of anilines is 1. The smallest absolute Gasteiger partial charge is 0.244 e. The number of nitrogens with zero attached hydrogens (tertiary/aromatic N) is 1. The van der Waals surface area contributed by atoms with Gasteiger partial charge in [0.1, 0.15) is 6.04 Å². The molecule has 0 aliphatic heterocycles. The molecule has 0 aliphatic rings. The number of carbonyl (C=O) groups excluding carboxylic acids is 1. The summed E-state index contributed by atoms with van der Waals surface area (Å²) in [5.41, 5.74) is 0.554. The molecule has 1 unspecified atom stereocenters. The Hall–Kier alpha value is -1.78. The van der Waals surface area contributed by atoms with Gasteiger partial charge in [-0.1, -0.05) is 0 Å². The molecule has 1 aromatic rings. The van der Waals surface area contributed by atoms with Crippen LogP contribution in [-0.2, 0) is 4.79 Å². The van der Waals surface area contributed by atoms with Crippen molar-refractivity contribution in [2.45, 2.75) is 19.9 Å². The van der Waals surface area contributed by atoms with Gasteiger partial charge in [0.05, 0.1) is 6.61 Å². The van der Waals surface area contributed by atoms with Gasteiger partial charge in [0.15, 0.2) is 11.6 Å². The molecule has 1 N–H and O–H groups in total. The Morgan fingerprint density at radius 2 is 2.17 bits per heavy atom. The van der Waals surface area contributed by atoms with Crippen LogP contribution in [0.2, 0.25) is 0 Å². The van der Waals surface area contributed by atoms with E-state index in [0.29, 0.717) is 12.3 Å². The van der Waals surface area contributed by atoms with Crippen molar-refractivity contribution in [3.63, 3.8) is 0 Å². The van der Waals surface area contributed by atoms with Crippen molar-refractivity contribution >= 4 is 11.6 Å². The molecule has 100 valence electrons. The molecule has 0 aliphatic carbocycles. The van der Waals surface area contributed by atoms with Gasteiger partial charge < -0.3 is 15.0 Å². The number of halogens is 1. The monoisotopic (exact) mass is 254 g/mol. The van der Waals surface area contributed by atoms with Crippen molar-refractivity contribution in [2.75, 3.05) is 26.0 Å². The van der Waals surface area contributed by atoms with E-state index in [9.17, 15) is 9.18 Å². The van der Waals surface area contributed by atoms with Gasteiger partial charge in [-0.05, 0) is 26.0 Å². The lowest BCUT2D eigenvalue weighted by Gasteiger charge is -2.19. The third-order valence-corrected chi connectivity index (χ3v) is 2.43. The Balaban J connectivity index is 2.74. The molecule has 0 saturated carbocycles. The fourth-order valence-corrected chi connectivity index (χ4v) is 1.56. The summed E-state index contributed by atoms with van der Waals surface area (Å²) < 4.78 is 18.7. The van der Waals surface area contributed by atoms with Crippen molar-refractivity contribution in [1.82, 2.24) is 4.90 Å². The van der Waals surface area contributed by atoms with Gasteiger partial charge >= 0.3 is 0 Å². The van der Waals surface area contributed by atoms with Crippen molar-refractivity contribution in [3.05, 3.63) is 24.0 Å². The summed E-state index contributed by atoms with van der Waals surface area (Å²) in [6.07, 6.45) is 0. The van der Waals surface area contributed by atoms with Gasteiger partial charge in [0, 0.05) is 25.8 Å². The van der Waals surface area contributed by atoms with E-state index in [-0.39, 0.29) is 11.7 Å². The van der Waals surface area contributed by atoms with E-state index < -0.39 is 11.9 Å². The Kier molecular flexibility index (Phi) is 4.95. The van der Waals surface area contributed by atoms with Crippen LogP contribution >= 0.6 is 0 Å². The maximum absolute atomic E-state index is 13.6. The fraction of sp³-hybridized carbons (Fsp3) is 0.462. The average Bonchev–Trinajstić information content (AvgIpc) is 2.31. The maximum atomic E-state index is 13.6. The van der Waals surface area contributed by atoms with Gasteiger partial charge in [-0.2, -0.15) is 0 Å². The highest BCUT2D eigenvalue weighted by atomic mass is 19.1. The average molecular weight is 254 g/mol. The molecule has 1 aromatic carbocycles. The molecule has 18 heavy (non-hydrogen) atoms. The van der Waals surface area contributed by atoms with Gasteiger partial charge in [0.25, 0.3) is 0 Å². The number of ether oxygens (including phenoxy) is 1. The Morgan fingerprint density at radius 1 is 1.50 bits per heavy atom. The minimum atomic E-state index is -0.439. The van der Waals surface area contributed by atoms with Crippen LogP contribution in [0, 0.1) is 5.82 Å². The zero-order valence-corrected chi connectivity index (χ0v) is 11.2. The molecule has 0 fully saturated rings. The molecule has 0 aromatic heterocycles. The van der Waals surface area contributed by atoms with Crippen molar-refractivity contribution in [2.24, 2.45) is 0 Å². The van der Waals surface area contributed by atoms with E-state index >= 15 is 0 Å². The van der Waals surface area contributed by atoms with Crippen LogP contribution < -0.4 is 10.1 Å². The summed E-state index contributed by atoms with van der Waals surface area (Å²) in [6.45, 7) is 3.94. The third kappa shape index (κ3) is 3.61. The number of hydrogen-bond donors (Lipinski definition) is 1. The van der Waals surface area contributed by atoms with Gasteiger partial charge in [0.2, 0.25) is 5.91 Å². The first kappa shape index (κ1) is 14.3. The highest BCUT2D eigenvalue weighted by molar-refractivity contribution is 5.83. The molecule has 5 heteroatoms. The fourth-order valence-electron chi connectivity index (χ4n) is 1.56. The lowest BCUT2D eigenvalue weighted by Crippen LogP contribution is -2.36. The van der Waals surface area contributed by atoms with Crippen molar-refractivity contribution < 1.29 is 13.9 Å². The zero-order chi connectivity index (χ0) is 13.7. The van der Waals surface area contributed by atoms with E-state index in [1.165, 1.54) is 11.0 Å². The van der Waals surface area contributed by atoms with Crippen LogP contribution in [0.4, 0.5) is 10.1 Å². The first-order valence-corrected chi connectivity index (χ1v) is 5.85. The first-order chi connectivity index (χ1) is 8.45. The normalized spacial score (nSPS) is 11.8. The van der Waals surface area contributed by atoms with Crippen LogP contribution in [0.25, 0.3) is 0 Å². The molecule has 0 spiro atoms. The standard InChI is InChI=1S/C13H19FN2O2/c1-5-18-12-7-6-10(8-11(12)14)15-9(2)13(17)16(3)4/h6-9,15H,5H2,1-4H3. The number of amides is 1. The van der Waals surface area contributed by atoms with Gasteiger partial charge in [-0.25, -0.2) is 4.39 Å². The SMILES string of the molecule is CCOc1ccc(NC(C)C(=O)N(C)C)cc1F. The predicted octanol–water partition coefficient (Wildman–Crippen LogP) is 2.11. The number of likely N-dealkylation sites (N-methyl/N-ethyl adjacent to an activating group) is 1. The highest BCUT2D eigenvalue weighted by Crippen LogP contribution is 2.21. The Labute approximate surface area is 107 Å². The number of rotatable bonds is 5. The number of hydrogen-bond acceptors (Lipinski definition) is 3. The molecule has 1 rings (SSSR count). The van der Waals surface area contributed by atoms with E-state index in [2.05, 4.69) is 5.32 Å². The highest BCUT2D eigenvalue weighted by Gasteiger charge is 2.15. The summed E-state index contributed by atoms with van der Waals surface area (Å²) in [6, 6.07) is 4.16. The largest absolute Gasteiger partial charge is 0.491 e. The van der Waals surface area contributed by atoms with Crippen LogP contribution in [0.15, 0.2) is 18.2 Å². The molecular formula is C13H19FN2O2. The predicted molar refractivity (Wildman–Crippen MR) is 69.3 cm³/mol. The lowest BCUT2D eigenvalue weighted by atomic mass is 10.2. The van der Waals surface area contributed by atoms with Crippen LogP contribution in [-0.4, -0.2) is 37.6 Å². The van der Waals surface area contributed by atoms with E-state index in [1.807, 2.05) is 0 Å². The van der Waals surface area contributed by atoms with Crippen molar-refractivity contribution in [3.8, 4) is 5.75 Å². The summed E-state index contributed by atoms with van der Waals surface area (Å²) in [5, 5.41) is 2.95. The molecule has 1 amide bonds. The Bertz CT molecular complexity index is 421. The minimum Gasteiger partial charge on any atom is -0.491 e. The van der Waals surface area contributed by atoms with Crippen LogP contribution in [0.1, 0.15) is 13.8 Å². The van der Waals surface area contributed by atoms with Crippen LogP contribution in [0.3, 0.4) is 0 Å². The quantitative estimate of drug-likeness (QED) is 0.875. The molecule has 0 radical (unpaired) electrons. The summed E-state index contributed by atoms with van der Waals surface area (Å²) in [4.78, 5) is 13.1. The molecule has 1 atom stereocenters. The maximum Gasteiger partial charge on any atom is 0.244 e. The molecule has 0 bridgehead atoms. The topological polar surface area (TPSA) is 41.6 Å². The van der Waals surface area contributed by atoms with E-state index in [1.54, 1.807) is 40.1 Å². The van der Waals surface area contributed by atoms with Crippen LogP contribution in [0.5, 0.6) is 5.75 Å². The Morgan fingerprint density at radius 3 is 2.67 bits per heavy atom. The summed E-state index contributed by atoms with van der Waals surface area (Å²) >= 11 is 0. The van der Waals surface area contributed by atoms with E-state index in [4.69, 9.17) is 4.74 Å². The van der Waals surface area contributed by atoms with Crippen molar-refractivity contribution in [1.29, 1.82) is 0 Å². The van der Waals surface area contributed by atoms with Gasteiger partial charge in [-0.3, -0.25) is 4.79 Å². The molecule has 0 heterocycles. The molecule has 4 nitrogen and oxygen atoms in total. The second kappa shape index (κ2) is 6.23. The molecule has 0 saturated heterocycles. The lowest BCUT2D eigenvalue weighted by molar-refractivity contribution is -0.129. The first-order valence-electron chi connectivity index (χ1n) is 5.85. The summed E-state index contributed by atoms with van der Waals surface area (Å²) in [5.74, 6) is -0.287. The second-order valence-corrected chi connectivity index (χ2v) is 4.18. The second-order valence-electron chi connectivity index (χ2n) is 4.18. The number of carbonyl (C=O) groups is 1. The number of nitrogens with one attached hydrogen (secondary N) is 1. The number of benzene rings is 1. The zero-order valence-electron chi connectivity index (χ0n) is 11.2. The summed E-state index contributed by atoms with van der Waals surface area (Å²) in [7, 11) is 3.36. The molecular weight excluding hydrogens is 235 g/mol. The minimum absolute atomic E-state index is 0.0655. The van der Waals surface area contributed by atoms with E-state index in [0.717, 1.165) is 0 Å². The van der Waals surface area contributed by atoms with Gasteiger partial charge in [-0.15, -0.1) is 0 Å². The third-order valence-electron chi connectivity index (χ3n) is 2.43.